The summed E-state index contributed by atoms with van der Waals surface area (Å²) in [6, 6.07) is 14.3. The standard InChI is InChI=1S/C17H18N4/c18-17-9-8-15(11-20-17)16-12-19-13-21(16)10-4-7-14-5-2-1-3-6-14/h1-3,5-6,8-9,11-13H,4,7,10H2,(H2,18,20). The van der Waals surface area contributed by atoms with E-state index in [9.17, 15) is 0 Å². The molecule has 0 aliphatic rings. The summed E-state index contributed by atoms with van der Waals surface area (Å²) in [4.78, 5) is 8.39. The summed E-state index contributed by atoms with van der Waals surface area (Å²) in [5, 5.41) is 0. The maximum atomic E-state index is 5.63. The molecule has 0 radical (unpaired) electrons. The number of anilines is 1. The fourth-order valence-electron chi connectivity index (χ4n) is 2.39. The van der Waals surface area contributed by atoms with Gasteiger partial charge in [0, 0.05) is 18.3 Å². The van der Waals surface area contributed by atoms with Crippen molar-refractivity contribution < 1.29 is 0 Å². The Labute approximate surface area is 124 Å². The summed E-state index contributed by atoms with van der Waals surface area (Å²) in [7, 11) is 0. The second-order valence-electron chi connectivity index (χ2n) is 5.03. The van der Waals surface area contributed by atoms with Crippen LogP contribution in [0.4, 0.5) is 5.82 Å². The lowest BCUT2D eigenvalue weighted by molar-refractivity contribution is 0.646. The monoisotopic (exact) mass is 278 g/mol. The van der Waals surface area contributed by atoms with Crippen LogP contribution in [-0.4, -0.2) is 14.5 Å². The Morgan fingerprint density at radius 3 is 2.62 bits per heavy atom. The number of imidazole rings is 1. The van der Waals surface area contributed by atoms with Crippen LogP contribution in [-0.2, 0) is 13.0 Å². The number of hydrogen-bond acceptors (Lipinski definition) is 3. The van der Waals surface area contributed by atoms with E-state index in [0.717, 1.165) is 30.6 Å². The second-order valence-corrected chi connectivity index (χ2v) is 5.03. The van der Waals surface area contributed by atoms with Gasteiger partial charge in [-0.05, 0) is 30.5 Å². The first-order valence-electron chi connectivity index (χ1n) is 7.09. The molecule has 106 valence electrons. The van der Waals surface area contributed by atoms with Gasteiger partial charge in [-0.15, -0.1) is 0 Å². The zero-order valence-corrected chi connectivity index (χ0v) is 11.8. The molecule has 0 atom stereocenters. The molecular weight excluding hydrogens is 260 g/mol. The highest BCUT2D eigenvalue weighted by Crippen LogP contribution is 2.19. The van der Waals surface area contributed by atoms with Crippen molar-refractivity contribution >= 4 is 5.82 Å². The van der Waals surface area contributed by atoms with Crippen molar-refractivity contribution in [2.45, 2.75) is 19.4 Å². The summed E-state index contributed by atoms with van der Waals surface area (Å²) in [5.41, 5.74) is 9.12. The molecule has 4 nitrogen and oxygen atoms in total. The summed E-state index contributed by atoms with van der Waals surface area (Å²) < 4.78 is 2.16. The quantitative estimate of drug-likeness (QED) is 0.780. The molecular formula is C17H18N4. The average molecular weight is 278 g/mol. The fourth-order valence-corrected chi connectivity index (χ4v) is 2.39. The number of nitrogens with zero attached hydrogens (tertiary/aromatic N) is 3. The first-order chi connectivity index (χ1) is 10.3. The van der Waals surface area contributed by atoms with Crippen molar-refractivity contribution in [3.63, 3.8) is 0 Å². The number of benzene rings is 1. The third-order valence-corrected chi connectivity index (χ3v) is 3.50. The van der Waals surface area contributed by atoms with Crippen molar-refractivity contribution in [1.29, 1.82) is 0 Å². The van der Waals surface area contributed by atoms with E-state index in [1.165, 1.54) is 5.56 Å². The van der Waals surface area contributed by atoms with E-state index < -0.39 is 0 Å². The van der Waals surface area contributed by atoms with Crippen LogP contribution in [0.2, 0.25) is 0 Å². The molecule has 0 spiro atoms. The first-order valence-corrected chi connectivity index (χ1v) is 7.09. The molecule has 21 heavy (non-hydrogen) atoms. The fraction of sp³-hybridized carbons (Fsp3) is 0.176. The first kappa shape index (κ1) is 13.4. The van der Waals surface area contributed by atoms with E-state index >= 15 is 0 Å². The van der Waals surface area contributed by atoms with Gasteiger partial charge in [-0.2, -0.15) is 0 Å². The van der Waals surface area contributed by atoms with Crippen LogP contribution in [0, 0.1) is 0 Å². The molecule has 0 aliphatic carbocycles. The molecule has 0 amide bonds. The Hall–Kier alpha value is -2.62. The van der Waals surface area contributed by atoms with Crippen LogP contribution in [0.3, 0.4) is 0 Å². The van der Waals surface area contributed by atoms with Crippen LogP contribution in [0.15, 0.2) is 61.2 Å². The number of aryl methyl sites for hydroxylation is 2. The zero-order chi connectivity index (χ0) is 14.5. The number of rotatable bonds is 5. The van der Waals surface area contributed by atoms with Gasteiger partial charge in [-0.3, -0.25) is 0 Å². The normalized spacial score (nSPS) is 10.7. The van der Waals surface area contributed by atoms with Crippen molar-refractivity contribution in [2.24, 2.45) is 0 Å². The smallest absolute Gasteiger partial charge is 0.123 e. The topological polar surface area (TPSA) is 56.7 Å². The predicted molar refractivity (Wildman–Crippen MR) is 84.6 cm³/mol. The predicted octanol–water partition coefficient (Wildman–Crippen LogP) is 3.16. The van der Waals surface area contributed by atoms with E-state index in [-0.39, 0.29) is 0 Å². The van der Waals surface area contributed by atoms with Gasteiger partial charge in [0.1, 0.15) is 5.82 Å². The molecule has 0 saturated carbocycles. The lowest BCUT2D eigenvalue weighted by atomic mass is 10.1. The lowest BCUT2D eigenvalue weighted by Gasteiger charge is -2.08. The largest absolute Gasteiger partial charge is 0.384 e. The number of pyridine rings is 1. The van der Waals surface area contributed by atoms with Crippen molar-refractivity contribution in [2.75, 3.05) is 5.73 Å². The van der Waals surface area contributed by atoms with Crippen LogP contribution in [0.25, 0.3) is 11.3 Å². The zero-order valence-electron chi connectivity index (χ0n) is 11.8. The molecule has 0 unspecified atom stereocenters. The number of nitrogen functional groups attached to an aromatic ring is 1. The summed E-state index contributed by atoms with van der Waals surface area (Å²) in [6.07, 6.45) is 7.68. The van der Waals surface area contributed by atoms with Gasteiger partial charge < -0.3 is 10.3 Å². The van der Waals surface area contributed by atoms with Crippen LogP contribution >= 0.6 is 0 Å². The molecule has 2 aromatic heterocycles. The third-order valence-electron chi connectivity index (χ3n) is 3.50. The van der Waals surface area contributed by atoms with Crippen molar-refractivity contribution in [3.8, 4) is 11.3 Å². The minimum atomic E-state index is 0.536. The van der Waals surface area contributed by atoms with Gasteiger partial charge in [-0.25, -0.2) is 9.97 Å². The molecule has 0 aliphatic heterocycles. The molecule has 0 fully saturated rings. The molecule has 4 heteroatoms. The van der Waals surface area contributed by atoms with Crippen molar-refractivity contribution in [1.82, 2.24) is 14.5 Å². The molecule has 0 saturated heterocycles. The van der Waals surface area contributed by atoms with Crippen LogP contribution < -0.4 is 5.73 Å². The average Bonchev–Trinajstić information content (AvgIpc) is 2.98. The lowest BCUT2D eigenvalue weighted by Crippen LogP contribution is -2.01. The maximum absolute atomic E-state index is 5.63. The summed E-state index contributed by atoms with van der Waals surface area (Å²) in [5.74, 6) is 0.536. The highest BCUT2D eigenvalue weighted by Gasteiger charge is 2.05. The Kier molecular flexibility index (Phi) is 3.96. The summed E-state index contributed by atoms with van der Waals surface area (Å²) >= 11 is 0. The van der Waals surface area contributed by atoms with Crippen LogP contribution in [0.5, 0.6) is 0 Å². The Morgan fingerprint density at radius 2 is 1.86 bits per heavy atom. The van der Waals surface area contributed by atoms with Gasteiger partial charge in [0.2, 0.25) is 0 Å². The molecule has 3 rings (SSSR count). The Bertz CT molecular complexity index is 686. The van der Waals surface area contributed by atoms with Gasteiger partial charge >= 0.3 is 0 Å². The minimum absolute atomic E-state index is 0.536. The molecule has 2 heterocycles. The van der Waals surface area contributed by atoms with Gasteiger partial charge in [0.15, 0.2) is 0 Å². The minimum Gasteiger partial charge on any atom is -0.384 e. The van der Waals surface area contributed by atoms with E-state index in [0.29, 0.717) is 5.82 Å². The van der Waals surface area contributed by atoms with E-state index in [1.54, 1.807) is 6.20 Å². The SMILES string of the molecule is Nc1ccc(-c2cncn2CCCc2ccccc2)cn1. The maximum Gasteiger partial charge on any atom is 0.123 e. The molecule has 2 N–H and O–H groups in total. The van der Waals surface area contributed by atoms with Gasteiger partial charge in [-0.1, -0.05) is 30.3 Å². The van der Waals surface area contributed by atoms with Crippen molar-refractivity contribution in [3.05, 3.63) is 66.7 Å². The van der Waals surface area contributed by atoms with Crippen LogP contribution in [0.1, 0.15) is 12.0 Å². The molecule has 1 aromatic carbocycles. The molecule has 3 aromatic rings. The highest BCUT2D eigenvalue weighted by molar-refractivity contribution is 5.59. The van der Waals surface area contributed by atoms with Gasteiger partial charge in [0.25, 0.3) is 0 Å². The summed E-state index contributed by atoms with van der Waals surface area (Å²) in [6.45, 7) is 0.939. The number of nitrogens with two attached hydrogens (primary N) is 1. The Morgan fingerprint density at radius 1 is 1.00 bits per heavy atom. The molecule has 0 bridgehead atoms. The van der Waals surface area contributed by atoms with E-state index in [4.69, 9.17) is 5.73 Å². The number of hydrogen-bond donors (Lipinski definition) is 1. The Balaban J connectivity index is 1.67. The van der Waals surface area contributed by atoms with Gasteiger partial charge in [0.05, 0.1) is 18.2 Å². The third kappa shape index (κ3) is 3.28. The highest BCUT2D eigenvalue weighted by atomic mass is 15.0. The van der Waals surface area contributed by atoms with E-state index in [2.05, 4.69) is 38.8 Å². The van der Waals surface area contributed by atoms with E-state index in [1.807, 2.05) is 30.7 Å². The second kappa shape index (κ2) is 6.22. The number of aromatic nitrogens is 3.